The SMILES string of the molecule is CCCCC(CC)CN(CC)c1ccc(CN)cc1. The Morgan fingerprint density at radius 1 is 1.11 bits per heavy atom. The largest absolute Gasteiger partial charge is 0.372 e. The van der Waals surface area contributed by atoms with E-state index in [2.05, 4.69) is 49.9 Å². The molecule has 0 aliphatic rings. The van der Waals surface area contributed by atoms with E-state index in [0.717, 1.165) is 12.5 Å². The molecule has 19 heavy (non-hydrogen) atoms. The van der Waals surface area contributed by atoms with Gasteiger partial charge in [-0.2, -0.15) is 0 Å². The lowest BCUT2D eigenvalue weighted by atomic mass is 9.98. The van der Waals surface area contributed by atoms with Gasteiger partial charge in [0.25, 0.3) is 0 Å². The average Bonchev–Trinajstić information content (AvgIpc) is 2.48. The second kappa shape index (κ2) is 8.98. The summed E-state index contributed by atoms with van der Waals surface area (Å²) in [5, 5.41) is 0. The van der Waals surface area contributed by atoms with Crippen molar-refractivity contribution in [2.45, 2.75) is 53.0 Å². The molecule has 0 fully saturated rings. The van der Waals surface area contributed by atoms with E-state index in [4.69, 9.17) is 5.73 Å². The van der Waals surface area contributed by atoms with E-state index >= 15 is 0 Å². The standard InChI is InChI=1S/C17H30N2/c1-4-7-8-15(5-2)14-19(6-3)17-11-9-16(13-18)10-12-17/h9-12,15H,4-8,13-14,18H2,1-3H3. The molecule has 2 heteroatoms. The molecule has 0 radical (unpaired) electrons. The van der Waals surface area contributed by atoms with E-state index in [1.807, 2.05) is 0 Å². The Balaban J connectivity index is 2.64. The molecule has 0 saturated heterocycles. The van der Waals surface area contributed by atoms with Gasteiger partial charge in [0.05, 0.1) is 0 Å². The minimum atomic E-state index is 0.625. The molecule has 1 atom stereocenters. The third kappa shape index (κ3) is 5.23. The topological polar surface area (TPSA) is 29.3 Å². The van der Waals surface area contributed by atoms with Crippen LogP contribution in [-0.4, -0.2) is 13.1 Å². The molecule has 0 heterocycles. The summed E-state index contributed by atoms with van der Waals surface area (Å²) >= 11 is 0. The smallest absolute Gasteiger partial charge is 0.0366 e. The lowest BCUT2D eigenvalue weighted by Crippen LogP contribution is -2.29. The molecular weight excluding hydrogens is 232 g/mol. The van der Waals surface area contributed by atoms with E-state index in [-0.39, 0.29) is 0 Å². The first-order valence-corrected chi connectivity index (χ1v) is 7.79. The maximum Gasteiger partial charge on any atom is 0.0366 e. The number of nitrogens with two attached hydrogens (primary N) is 1. The van der Waals surface area contributed by atoms with E-state index < -0.39 is 0 Å². The predicted octanol–water partition coefficient (Wildman–Crippen LogP) is 4.19. The van der Waals surface area contributed by atoms with Gasteiger partial charge in [-0.15, -0.1) is 0 Å². The third-order valence-corrected chi connectivity index (χ3v) is 3.94. The summed E-state index contributed by atoms with van der Waals surface area (Å²) in [4.78, 5) is 2.49. The molecule has 2 N–H and O–H groups in total. The van der Waals surface area contributed by atoms with Crippen LogP contribution in [0, 0.1) is 5.92 Å². The summed E-state index contributed by atoms with van der Waals surface area (Å²) in [6, 6.07) is 8.70. The van der Waals surface area contributed by atoms with Crippen LogP contribution in [-0.2, 0) is 6.54 Å². The summed E-state index contributed by atoms with van der Waals surface area (Å²) in [6.45, 7) is 9.70. The summed E-state index contributed by atoms with van der Waals surface area (Å²) in [5.74, 6) is 0.814. The summed E-state index contributed by atoms with van der Waals surface area (Å²) in [7, 11) is 0. The number of hydrogen-bond acceptors (Lipinski definition) is 2. The lowest BCUT2D eigenvalue weighted by Gasteiger charge is -2.28. The van der Waals surface area contributed by atoms with Crippen LogP contribution in [0.25, 0.3) is 0 Å². The number of unbranched alkanes of at least 4 members (excludes halogenated alkanes) is 1. The van der Waals surface area contributed by atoms with Gasteiger partial charge in [0.1, 0.15) is 0 Å². The summed E-state index contributed by atoms with van der Waals surface area (Å²) in [6.07, 6.45) is 5.28. The van der Waals surface area contributed by atoms with Crippen LogP contribution >= 0.6 is 0 Å². The van der Waals surface area contributed by atoms with Crippen LogP contribution in [0.1, 0.15) is 52.0 Å². The van der Waals surface area contributed by atoms with Crippen LogP contribution in [0.2, 0.25) is 0 Å². The quantitative estimate of drug-likeness (QED) is 0.723. The van der Waals surface area contributed by atoms with Crippen LogP contribution < -0.4 is 10.6 Å². The zero-order valence-electron chi connectivity index (χ0n) is 12.9. The van der Waals surface area contributed by atoms with E-state index in [1.54, 1.807) is 0 Å². The number of anilines is 1. The zero-order chi connectivity index (χ0) is 14.1. The van der Waals surface area contributed by atoms with E-state index in [0.29, 0.717) is 6.54 Å². The minimum absolute atomic E-state index is 0.625. The fourth-order valence-corrected chi connectivity index (χ4v) is 2.49. The van der Waals surface area contributed by atoms with Crippen molar-refractivity contribution >= 4 is 5.69 Å². The maximum absolute atomic E-state index is 5.65. The highest BCUT2D eigenvalue weighted by Crippen LogP contribution is 2.20. The van der Waals surface area contributed by atoms with Crippen molar-refractivity contribution in [3.63, 3.8) is 0 Å². The van der Waals surface area contributed by atoms with E-state index in [1.165, 1.54) is 43.5 Å². The Kier molecular flexibility index (Phi) is 7.57. The average molecular weight is 262 g/mol. The van der Waals surface area contributed by atoms with Gasteiger partial charge >= 0.3 is 0 Å². The van der Waals surface area contributed by atoms with Gasteiger partial charge in [0, 0.05) is 25.3 Å². The van der Waals surface area contributed by atoms with Crippen LogP contribution in [0.15, 0.2) is 24.3 Å². The molecule has 2 nitrogen and oxygen atoms in total. The molecule has 0 bridgehead atoms. The second-order valence-electron chi connectivity index (χ2n) is 5.33. The molecule has 0 aliphatic carbocycles. The van der Waals surface area contributed by atoms with Gasteiger partial charge in [-0.1, -0.05) is 45.2 Å². The normalized spacial score (nSPS) is 12.4. The fraction of sp³-hybridized carbons (Fsp3) is 0.647. The lowest BCUT2D eigenvalue weighted by molar-refractivity contribution is 0.448. The summed E-state index contributed by atoms with van der Waals surface area (Å²) in [5.41, 5.74) is 8.19. The molecule has 1 aromatic carbocycles. The number of benzene rings is 1. The monoisotopic (exact) mass is 262 g/mol. The Hall–Kier alpha value is -1.02. The number of hydrogen-bond donors (Lipinski definition) is 1. The molecule has 0 aliphatic heterocycles. The van der Waals surface area contributed by atoms with Gasteiger partial charge in [-0.25, -0.2) is 0 Å². The van der Waals surface area contributed by atoms with Crippen LogP contribution in [0.4, 0.5) is 5.69 Å². The Morgan fingerprint density at radius 2 is 1.79 bits per heavy atom. The predicted molar refractivity (Wildman–Crippen MR) is 85.5 cm³/mol. The van der Waals surface area contributed by atoms with Gasteiger partial charge in [0.2, 0.25) is 0 Å². The first-order valence-electron chi connectivity index (χ1n) is 7.79. The molecule has 108 valence electrons. The summed E-state index contributed by atoms with van der Waals surface area (Å²) < 4.78 is 0. The molecule has 0 amide bonds. The second-order valence-corrected chi connectivity index (χ2v) is 5.33. The van der Waals surface area contributed by atoms with Crippen molar-refractivity contribution in [1.82, 2.24) is 0 Å². The van der Waals surface area contributed by atoms with Crippen molar-refractivity contribution in [1.29, 1.82) is 0 Å². The van der Waals surface area contributed by atoms with Gasteiger partial charge in [0.15, 0.2) is 0 Å². The Morgan fingerprint density at radius 3 is 2.26 bits per heavy atom. The molecule has 0 aromatic heterocycles. The third-order valence-electron chi connectivity index (χ3n) is 3.94. The molecule has 1 aromatic rings. The highest BCUT2D eigenvalue weighted by atomic mass is 15.1. The number of nitrogens with zero attached hydrogens (tertiary/aromatic N) is 1. The van der Waals surface area contributed by atoms with Crippen LogP contribution in [0.3, 0.4) is 0 Å². The van der Waals surface area contributed by atoms with Gasteiger partial charge in [-0.3, -0.25) is 0 Å². The first kappa shape index (κ1) is 16.0. The molecule has 1 unspecified atom stereocenters. The Bertz CT molecular complexity index is 332. The van der Waals surface area contributed by atoms with Crippen molar-refractivity contribution < 1.29 is 0 Å². The molecule has 1 rings (SSSR count). The maximum atomic E-state index is 5.65. The fourth-order valence-electron chi connectivity index (χ4n) is 2.49. The van der Waals surface area contributed by atoms with Crippen molar-refractivity contribution in [3.05, 3.63) is 29.8 Å². The molecule has 0 spiro atoms. The van der Waals surface area contributed by atoms with Crippen molar-refractivity contribution in [3.8, 4) is 0 Å². The Labute approximate surface area is 119 Å². The molecular formula is C17H30N2. The van der Waals surface area contributed by atoms with Crippen LogP contribution in [0.5, 0.6) is 0 Å². The van der Waals surface area contributed by atoms with Crippen molar-refractivity contribution in [2.75, 3.05) is 18.0 Å². The van der Waals surface area contributed by atoms with Gasteiger partial charge < -0.3 is 10.6 Å². The van der Waals surface area contributed by atoms with Crippen molar-refractivity contribution in [2.24, 2.45) is 11.7 Å². The first-order chi connectivity index (χ1) is 9.24. The zero-order valence-corrected chi connectivity index (χ0v) is 12.9. The minimum Gasteiger partial charge on any atom is -0.372 e. The molecule has 0 saturated carbocycles. The highest BCUT2D eigenvalue weighted by Gasteiger charge is 2.11. The highest BCUT2D eigenvalue weighted by molar-refractivity contribution is 5.47. The van der Waals surface area contributed by atoms with Gasteiger partial charge in [-0.05, 0) is 37.0 Å². The number of rotatable bonds is 9. The van der Waals surface area contributed by atoms with E-state index in [9.17, 15) is 0 Å².